The summed E-state index contributed by atoms with van der Waals surface area (Å²) in [7, 11) is 0. The van der Waals surface area contributed by atoms with Crippen LogP contribution in [-0.2, 0) is 16.0 Å². The summed E-state index contributed by atoms with van der Waals surface area (Å²) < 4.78 is 0.293. The van der Waals surface area contributed by atoms with Crippen molar-refractivity contribution in [3.63, 3.8) is 0 Å². The lowest BCUT2D eigenvalue weighted by molar-refractivity contribution is -0.125. The van der Waals surface area contributed by atoms with Crippen LogP contribution in [-0.4, -0.2) is 43.5 Å². The molecule has 29 heavy (non-hydrogen) atoms. The molecule has 0 radical (unpaired) electrons. The van der Waals surface area contributed by atoms with Gasteiger partial charge in [-0.05, 0) is 51.9 Å². The second-order valence-corrected chi connectivity index (χ2v) is 8.21. The summed E-state index contributed by atoms with van der Waals surface area (Å²) >= 11 is 3.16. The molecule has 0 spiro atoms. The molecule has 0 aliphatic heterocycles. The van der Waals surface area contributed by atoms with E-state index in [0.29, 0.717) is 21.0 Å². The maximum Gasteiger partial charge on any atom is 0.255 e. The molecule has 2 aliphatic carbocycles. The van der Waals surface area contributed by atoms with Crippen molar-refractivity contribution < 1.29 is 34.8 Å². The molecule has 2 atom stereocenters. The number of fused-ring (bicyclic) bond motifs is 3. The van der Waals surface area contributed by atoms with Crippen LogP contribution in [0.2, 0.25) is 0 Å². The zero-order valence-corrected chi connectivity index (χ0v) is 16.7. The fraction of sp³-hybridized carbons (Fsp3) is 0.250. The van der Waals surface area contributed by atoms with Crippen LogP contribution in [0.25, 0.3) is 10.8 Å². The summed E-state index contributed by atoms with van der Waals surface area (Å²) in [6.45, 7) is 1.70. The lowest BCUT2D eigenvalue weighted by Crippen LogP contribution is -2.56. The Morgan fingerprint density at radius 2 is 1.83 bits per heavy atom. The maximum absolute atomic E-state index is 13.3. The number of hydrogen-bond acceptors (Lipinski definition) is 7. The number of phenols is 2. The molecule has 0 saturated carbocycles. The molecule has 0 saturated heterocycles. The molecular formula is C20H16BrNO7. The van der Waals surface area contributed by atoms with Crippen molar-refractivity contribution in [1.29, 1.82) is 0 Å². The maximum atomic E-state index is 13.3. The highest BCUT2D eigenvalue weighted by molar-refractivity contribution is 9.10. The second kappa shape index (κ2) is 6.04. The Morgan fingerprint density at radius 1 is 1.17 bits per heavy atom. The molecule has 9 heteroatoms. The Balaban J connectivity index is 2.08. The van der Waals surface area contributed by atoms with Gasteiger partial charge >= 0.3 is 0 Å². The molecule has 0 aromatic heterocycles. The number of halogens is 1. The van der Waals surface area contributed by atoms with Crippen molar-refractivity contribution in [3.05, 3.63) is 44.6 Å². The fourth-order valence-corrected chi connectivity index (χ4v) is 4.76. The minimum absolute atomic E-state index is 0.00836. The van der Waals surface area contributed by atoms with Crippen molar-refractivity contribution in [1.82, 2.24) is 0 Å². The zero-order chi connectivity index (χ0) is 21.4. The number of nitrogens with two attached hydrogens (primary N) is 1. The van der Waals surface area contributed by atoms with E-state index in [1.165, 1.54) is 0 Å². The van der Waals surface area contributed by atoms with Gasteiger partial charge in [-0.15, -0.1) is 0 Å². The fourth-order valence-electron chi connectivity index (χ4n) is 4.43. The Kier molecular flexibility index (Phi) is 4.04. The Labute approximate surface area is 172 Å². The first-order valence-corrected chi connectivity index (χ1v) is 9.50. The topological polar surface area (TPSA) is 158 Å². The Morgan fingerprint density at radius 3 is 2.45 bits per heavy atom. The average Bonchev–Trinajstić information content (AvgIpc) is 2.64. The van der Waals surface area contributed by atoms with Gasteiger partial charge in [-0.25, -0.2) is 0 Å². The number of amides is 1. The monoisotopic (exact) mass is 461 g/mol. The van der Waals surface area contributed by atoms with Crippen LogP contribution in [0.1, 0.15) is 27.9 Å². The van der Waals surface area contributed by atoms with Crippen LogP contribution in [0, 0.1) is 12.8 Å². The van der Waals surface area contributed by atoms with E-state index < -0.39 is 46.1 Å². The molecule has 0 fully saturated rings. The van der Waals surface area contributed by atoms with Crippen molar-refractivity contribution >= 4 is 44.2 Å². The highest BCUT2D eigenvalue weighted by Crippen LogP contribution is 2.50. The van der Waals surface area contributed by atoms with E-state index in [9.17, 15) is 34.8 Å². The number of carbonyl (C=O) groups excluding carboxylic acids is 3. The molecule has 0 unspecified atom stereocenters. The van der Waals surface area contributed by atoms with Gasteiger partial charge in [0.1, 0.15) is 22.8 Å². The van der Waals surface area contributed by atoms with Crippen LogP contribution < -0.4 is 5.73 Å². The van der Waals surface area contributed by atoms with E-state index in [1.54, 1.807) is 19.1 Å². The molecule has 2 aromatic carbocycles. The highest BCUT2D eigenvalue weighted by Gasteiger charge is 2.58. The van der Waals surface area contributed by atoms with E-state index in [2.05, 4.69) is 15.9 Å². The van der Waals surface area contributed by atoms with Gasteiger partial charge in [0.25, 0.3) is 5.91 Å². The van der Waals surface area contributed by atoms with Crippen LogP contribution in [0.5, 0.6) is 11.5 Å². The first kappa shape index (κ1) is 19.4. The molecule has 4 rings (SSSR count). The normalized spacial score (nSPS) is 23.9. The van der Waals surface area contributed by atoms with Gasteiger partial charge in [-0.3, -0.25) is 14.4 Å². The third-order valence-corrected chi connectivity index (χ3v) is 6.57. The molecule has 0 heterocycles. The third kappa shape index (κ3) is 2.31. The molecule has 2 aliphatic rings. The standard InChI is InChI=1S/C20H16BrNO7/c1-6-8-2-3-10(21)15(24)12(8)16(25)13-9(6)4-7-5-11(23)14(19(22)28)18(27)20(7,29)17(13)26/h2-3,7,24-25,27,29H,4-5H2,1H3,(H2,22,28)/t7-,20-/m0/s1. The zero-order valence-electron chi connectivity index (χ0n) is 15.1. The SMILES string of the molecule is Cc1c2c(c(O)c3c(O)c(Br)ccc13)C(=O)[C@]1(O)C(O)=C(C(N)=O)C(=O)C[C@@H]1C2. The van der Waals surface area contributed by atoms with Crippen molar-refractivity contribution in [2.75, 3.05) is 0 Å². The van der Waals surface area contributed by atoms with Crippen LogP contribution >= 0.6 is 15.9 Å². The van der Waals surface area contributed by atoms with Gasteiger partial charge in [-0.1, -0.05) is 6.07 Å². The lowest BCUT2D eigenvalue weighted by Gasteiger charge is -2.42. The van der Waals surface area contributed by atoms with Gasteiger partial charge in [-0.2, -0.15) is 0 Å². The number of ketones is 2. The number of carbonyl (C=O) groups is 3. The van der Waals surface area contributed by atoms with E-state index in [-0.39, 0.29) is 29.5 Å². The Hall–Kier alpha value is -2.91. The van der Waals surface area contributed by atoms with Gasteiger partial charge in [0.05, 0.1) is 15.4 Å². The molecule has 1 amide bonds. The largest absolute Gasteiger partial charge is 0.508 e. The van der Waals surface area contributed by atoms with Crippen molar-refractivity contribution in [2.45, 2.75) is 25.4 Å². The smallest absolute Gasteiger partial charge is 0.255 e. The van der Waals surface area contributed by atoms with Gasteiger partial charge < -0.3 is 26.2 Å². The third-order valence-electron chi connectivity index (χ3n) is 5.93. The summed E-state index contributed by atoms with van der Waals surface area (Å²) in [6, 6.07) is 3.25. The number of aliphatic hydroxyl groups is 2. The van der Waals surface area contributed by atoms with E-state index in [0.717, 1.165) is 0 Å². The van der Waals surface area contributed by atoms with Crippen LogP contribution in [0.4, 0.5) is 0 Å². The van der Waals surface area contributed by atoms with Gasteiger partial charge in [0.15, 0.2) is 11.4 Å². The van der Waals surface area contributed by atoms with Crippen LogP contribution in [0.3, 0.4) is 0 Å². The van der Waals surface area contributed by atoms with Gasteiger partial charge in [0.2, 0.25) is 5.78 Å². The summed E-state index contributed by atoms with van der Waals surface area (Å²) in [5.74, 6) is -6.04. The number of hydrogen-bond donors (Lipinski definition) is 5. The predicted octanol–water partition coefficient (Wildman–Crippen LogP) is 1.68. The molecule has 8 nitrogen and oxygen atoms in total. The van der Waals surface area contributed by atoms with Gasteiger partial charge in [0, 0.05) is 12.3 Å². The second-order valence-electron chi connectivity index (χ2n) is 7.36. The summed E-state index contributed by atoms with van der Waals surface area (Å²) in [6.07, 6.45) is -0.376. The van der Waals surface area contributed by atoms with E-state index in [4.69, 9.17) is 5.73 Å². The van der Waals surface area contributed by atoms with Crippen molar-refractivity contribution in [2.24, 2.45) is 11.7 Å². The first-order valence-electron chi connectivity index (χ1n) is 8.71. The number of Topliss-reactive ketones (excluding diaryl/α,β-unsaturated/α-hetero) is 2. The molecule has 150 valence electrons. The number of rotatable bonds is 1. The number of aliphatic hydroxyl groups excluding tert-OH is 1. The molecule has 6 N–H and O–H groups in total. The molecular weight excluding hydrogens is 446 g/mol. The first-order chi connectivity index (χ1) is 13.5. The number of primary amides is 1. The summed E-state index contributed by atoms with van der Waals surface area (Å²) in [5.41, 5.74) is 2.47. The summed E-state index contributed by atoms with van der Waals surface area (Å²) in [5, 5.41) is 43.4. The Bertz CT molecular complexity index is 1200. The van der Waals surface area contributed by atoms with Crippen molar-refractivity contribution in [3.8, 4) is 11.5 Å². The number of aryl methyl sites for hydroxylation is 1. The van der Waals surface area contributed by atoms with Crippen LogP contribution in [0.15, 0.2) is 27.9 Å². The predicted molar refractivity (Wildman–Crippen MR) is 105 cm³/mol. The number of phenolic OH excluding ortho intramolecular Hbond substituents is 2. The van der Waals surface area contributed by atoms with E-state index in [1.807, 2.05) is 0 Å². The average molecular weight is 462 g/mol. The van der Waals surface area contributed by atoms with E-state index >= 15 is 0 Å². The number of benzene rings is 2. The molecule has 2 aromatic rings. The summed E-state index contributed by atoms with van der Waals surface area (Å²) in [4.78, 5) is 37.2. The molecule has 0 bridgehead atoms. The number of aromatic hydroxyl groups is 2. The minimum atomic E-state index is -2.58. The quantitative estimate of drug-likeness (QED) is 0.404. The lowest BCUT2D eigenvalue weighted by atomic mass is 9.63. The highest BCUT2D eigenvalue weighted by atomic mass is 79.9. The minimum Gasteiger partial charge on any atom is -0.508 e.